The van der Waals surface area contributed by atoms with Crippen LogP contribution in [0, 0.1) is 0 Å². The fraction of sp³-hybridized carbons (Fsp3) is 0.0714. The molecule has 0 heterocycles. The van der Waals surface area contributed by atoms with Crippen LogP contribution < -0.4 is 5.32 Å². The number of anilines is 1. The predicted octanol–water partition coefficient (Wildman–Crippen LogP) is 4.83. The number of carbonyl (C=O) groups excluding carboxylic acids is 1. The summed E-state index contributed by atoms with van der Waals surface area (Å²) in [5, 5.41) is 3.34. The number of para-hydroxylation sites is 1. The van der Waals surface area contributed by atoms with Gasteiger partial charge in [0.25, 0.3) is 0 Å². The van der Waals surface area contributed by atoms with Crippen molar-refractivity contribution in [3.63, 3.8) is 0 Å². The van der Waals surface area contributed by atoms with E-state index >= 15 is 0 Å². The predicted molar refractivity (Wildman–Crippen MR) is 84.9 cm³/mol. The van der Waals surface area contributed by atoms with E-state index < -0.39 is 0 Å². The topological polar surface area (TPSA) is 29.1 Å². The Morgan fingerprint density at radius 2 is 1.84 bits per heavy atom. The van der Waals surface area contributed by atoms with E-state index in [1.165, 1.54) is 11.8 Å². The smallest absolute Gasteiger partial charge is 0.234 e. The van der Waals surface area contributed by atoms with Gasteiger partial charge in [-0.05, 0) is 36.4 Å². The van der Waals surface area contributed by atoms with Gasteiger partial charge in [-0.2, -0.15) is 0 Å². The highest BCUT2D eigenvalue weighted by molar-refractivity contribution is 9.10. The average molecular weight is 357 g/mol. The highest BCUT2D eigenvalue weighted by atomic mass is 79.9. The van der Waals surface area contributed by atoms with Crippen molar-refractivity contribution in [3.8, 4) is 0 Å². The fourth-order valence-corrected chi connectivity index (χ4v) is 2.57. The van der Waals surface area contributed by atoms with Gasteiger partial charge < -0.3 is 5.32 Å². The maximum atomic E-state index is 11.8. The fourth-order valence-electron chi connectivity index (χ4n) is 1.43. The molecule has 0 spiro atoms. The van der Waals surface area contributed by atoms with Crippen molar-refractivity contribution >= 4 is 50.9 Å². The summed E-state index contributed by atoms with van der Waals surface area (Å²) in [4.78, 5) is 12.9. The third-order valence-electron chi connectivity index (χ3n) is 2.33. The van der Waals surface area contributed by atoms with Gasteiger partial charge in [-0.3, -0.25) is 4.79 Å². The highest BCUT2D eigenvalue weighted by Gasteiger charge is 2.06. The zero-order chi connectivity index (χ0) is 13.7. The van der Waals surface area contributed by atoms with Crippen molar-refractivity contribution in [1.82, 2.24) is 0 Å². The Hall–Kier alpha value is -0.970. The Kier molecular flexibility index (Phi) is 5.31. The molecule has 0 bridgehead atoms. The molecule has 0 radical (unpaired) electrons. The minimum absolute atomic E-state index is 0.0685. The van der Waals surface area contributed by atoms with Crippen LogP contribution in [-0.2, 0) is 4.79 Å². The number of thioether (sulfide) groups is 1. The minimum atomic E-state index is -0.0685. The molecule has 0 atom stereocenters. The molecule has 1 amide bonds. The van der Waals surface area contributed by atoms with E-state index in [0.29, 0.717) is 16.5 Å². The van der Waals surface area contributed by atoms with Crippen LogP contribution in [0.3, 0.4) is 0 Å². The zero-order valence-corrected chi connectivity index (χ0v) is 13.1. The number of halogens is 2. The molecule has 0 saturated carbocycles. The SMILES string of the molecule is O=C(CSc1ccc(Br)cc1)Nc1ccccc1Cl. The number of carbonyl (C=O) groups is 1. The molecular formula is C14H11BrClNOS. The average Bonchev–Trinajstić information content (AvgIpc) is 2.41. The van der Waals surface area contributed by atoms with Crippen molar-refractivity contribution in [2.24, 2.45) is 0 Å². The molecule has 0 fully saturated rings. The van der Waals surface area contributed by atoms with E-state index in [4.69, 9.17) is 11.6 Å². The van der Waals surface area contributed by atoms with Gasteiger partial charge in [0.15, 0.2) is 0 Å². The standard InChI is InChI=1S/C14H11BrClNOS/c15-10-5-7-11(8-6-10)19-9-14(18)17-13-4-2-1-3-12(13)16/h1-8H,9H2,(H,17,18). The lowest BCUT2D eigenvalue weighted by Gasteiger charge is -2.06. The summed E-state index contributed by atoms with van der Waals surface area (Å²) >= 11 is 10.8. The molecule has 1 N–H and O–H groups in total. The second-order valence-electron chi connectivity index (χ2n) is 3.77. The maximum absolute atomic E-state index is 11.8. The van der Waals surface area contributed by atoms with Crippen molar-refractivity contribution in [3.05, 3.63) is 58.0 Å². The summed E-state index contributed by atoms with van der Waals surface area (Å²) in [7, 11) is 0. The molecule has 2 nitrogen and oxygen atoms in total. The van der Waals surface area contributed by atoms with Gasteiger partial charge in [0.05, 0.1) is 16.5 Å². The summed E-state index contributed by atoms with van der Waals surface area (Å²) in [5.74, 6) is 0.286. The van der Waals surface area contributed by atoms with E-state index in [1.54, 1.807) is 12.1 Å². The van der Waals surface area contributed by atoms with E-state index in [9.17, 15) is 4.79 Å². The minimum Gasteiger partial charge on any atom is -0.324 e. The molecule has 0 unspecified atom stereocenters. The molecule has 19 heavy (non-hydrogen) atoms. The van der Waals surface area contributed by atoms with E-state index in [0.717, 1.165) is 9.37 Å². The van der Waals surface area contributed by atoms with Gasteiger partial charge in [0.1, 0.15) is 0 Å². The van der Waals surface area contributed by atoms with E-state index in [2.05, 4.69) is 21.2 Å². The molecule has 2 aromatic rings. The first-order chi connectivity index (χ1) is 9.15. The first kappa shape index (κ1) is 14.4. The summed E-state index contributed by atoms with van der Waals surface area (Å²) in [6.45, 7) is 0. The zero-order valence-electron chi connectivity index (χ0n) is 9.90. The summed E-state index contributed by atoms with van der Waals surface area (Å²) in [6.07, 6.45) is 0. The summed E-state index contributed by atoms with van der Waals surface area (Å²) in [5.41, 5.74) is 0.644. The van der Waals surface area contributed by atoms with Crippen LogP contribution in [0.15, 0.2) is 57.9 Å². The van der Waals surface area contributed by atoms with Crippen molar-refractivity contribution in [2.75, 3.05) is 11.1 Å². The Morgan fingerprint density at radius 1 is 1.16 bits per heavy atom. The normalized spacial score (nSPS) is 10.2. The summed E-state index contributed by atoms with van der Waals surface area (Å²) in [6, 6.07) is 15.0. The Bertz CT molecular complexity index is 574. The number of hydrogen-bond donors (Lipinski definition) is 1. The van der Waals surface area contributed by atoms with E-state index in [1.807, 2.05) is 36.4 Å². The van der Waals surface area contributed by atoms with Crippen LogP contribution in [0.5, 0.6) is 0 Å². The molecule has 0 aromatic heterocycles. The number of hydrogen-bond acceptors (Lipinski definition) is 2. The second kappa shape index (κ2) is 6.98. The van der Waals surface area contributed by atoms with Crippen molar-refractivity contribution < 1.29 is 4.79 Å². The van der Waals surface area contributed by atoms with Gasteiger partial charge >= 0.3 is 0 Å². The Balaban J connectivity index is 1.88. The first-order valence-corrected chi connectivity index (χ1v) is 7.73. The number of rotatable bonds is 4. The Morgan fingerprint density at radius 3 is 2.53 bits per heavy atom. The lowest BCUT2D eigenvalue weighted by atomic mass is 10.3. The summed E-state index contributed by atoms with van der Waals surface area (Å²) < 4.78 is 1.03. The van der Waals surface area contributed by atoms with Gasteiger partial charge in [-0.15, -0.1) is 11.8 Å². The third-order valence-corrected chi connectivity index (χ3v) is 4.20. The van der Waals surface area contributed by atoms with Gasteiger partial charge in [-0.1, -0.05) is 39.7 Å². The number of nitrogens with one attached hydrogen (secondary N) is 1. The molecule has 2 aromatic carbocycles. The number of benzene rings is 2. The van der Waals surface area contributed by atoms with Crippen molar-refractivity contribution in [1.29, 1.82) is 0 Å². The van der Waals surface area contributed by atoms with Crippen LogP contribution in [0.1, 0.15) is 0 Å². The number of amides is 1. The largest absolute Gasteiger partial charge is 0.324 e. The highest BCUT2D eigenvalue weighted by Crippen LogP contribution is 2.23. The van der Waals surface area contributed by atoms with Crippen LogP contribution >= 0.6 is 39.3 Å². The van der Waals surface area contributed by atoms with Crippen LogP contribution in [0.2, 0.25) is 5.02 Å². The van der Waals surface area contributed by atoms with Gasteiger partial charge in [0, 0.05) is 9.37 Å². The van der Waals surface area contributed by atoms with Gasteiger partial charge in [0.2, 0.25) is 5.91 Å². The van der Waals surface area contributed by atoms with Crippen LogP contribution in [0.25, 0.3) is 0 Å². The molecule has 0 aliphatic heterocycles. The first-order valence-electron chi connectivity index (χ1n) is 5.58. The monoisotopic (exact) mass is 355 g/mol. The quantitative estimate of drug-likeness (QED) is 0.795. The van der Waals surface area contributed by atoms with E-state index in [-0.39, 0.29) is 5.91 Å². The molecule has 5 heteroatoms. The van der Waals surface area contributed by atoms with Crippen LogP contribution in [0.4, 0.5) is 5.69 Å². The lowest BCUT2D eigenvalue weighted by Crippen LogP contribution is -2.14. The second-order valence-corrected chi connectivity index (χ2v) is 6.14. The molecular weight excluding hydrogens is 346 g/mol. The molecule has 0 aliphatic carbocycles. The molecule has 98 valence electrons. The third kappa shape index (κ3) is 4.56. The van der Waals surface area contributed by atoms with Crippen LogP contribution in [-0.4, -0.2) is 11.7 Å². The maximum Gasteiger partial charge on any atom is 0.234 e. The van der Waals surface area contributed by atoms with Gasteiger partial charge in [-0.25, -0.2) is 0 Å². The van der Waals surface area contributed by atoms with Crippen molar-refractivity contribution in [2.45, 2.75) is 4.90 Å². The lowest BCUT2D eigenvalue weighted by molar-refractivity contribution is -0.113. The Labute approximate surface area is 129 Å². The molecule has 0 aliphatic rings. The molecule has 0 saturated heterocycles. The molecule has 2 rings (SSSR count).